The Labute approximate surface area is 104 Å². The van der Waals surface area contributed by atoms with E-state index in [4.69, 9.17) is 5.73 Å². The van der Waals surface area contributed by atoms with Crippen molar-refractivity contribution in [1.29, 1.82) is 0 Å². The van der Waals surface area contributed by atoms with Gasteiger partial charge in [-0.25, -0.2) is 0 Å². The van der Waals surface area contributed by atoms with E-state index in [1.54, 1.807) is 0 Å². The van der Waals surface area contributed by atoms with Gasteiger partial charge in [0.15, 0.2) is 6.29 Å². The van der Waals surface area contributed by atoms with Gasteiger partial charge in [0.05, 0.1) is 15.9 Å². The van der Waals surface area contributed by atoms with Crippen LogP contribution in [0.3, 0.4) is 0 Å². The van der Waals surface area contributed by atoms with E-state index in [1.807, 2.05) is 43.4 Å². The topological polar surface area (TPSA) is 55.1 Å². The van der Waals surface area contributed by atoms with E-state index in [0.29, 0.717) is 4.88 Å². The van der Waals surface area contributed by atoms with Crippen LogP contribution in [0, 0.1) is 0 Å². The Bertz CT molecular complexity index is 507. The number of thiophene rings is 1. The van der Waals surface area contributed by atoms with Crippen LogP contribution in [0.5, 0.6) is 0 Å². The summed E-state index contributed by atoms with van der Waals surface area (Å²) in [6.45, 7) is 0. The molecule has 0 aliphatic rings. The largest absolute Gasteiger partial charge is 0.380 e. The number of rotatable bonds is 4. The molecule has 0 fully saturated rings. The number of benzene rings is 1. The lowest BCUT2D eigenvalue weighted by Gasteiger charge is -2.12. The third-order valence-electron chi connectivity index (χ3n) is 2.62. The van der Waals surface area contributed by atoms with Gasteiger partial charge in [-0.05, 0) is 11.6 Å². The summed E-state index contributed by atoms with van der Waals surface area (Å²) < 4.78 is 0. The smallest absolute Gasteiger partial charge is 0.160 e. The fraction of sp³-hybridized carbons (Fsp3) is 0.154. The van der Waals surface area contributed by atoms with E-state index in [-0.39, 0.29) is 6.04 Å². The van der Waals surface area contributed by atoms with Crippen LogP contribution in [0.1, 0.15) is 26.8 Å². The summed E-state index contributed by atoms with van der Waals surface area (Å²) in [5.41, 5.74) is 8.22. The highest BCUT2D eigenvalue weighted by atomic mass is 32.1. The van der Waals surface area contributed by atoms with Gasteiger partial charge >= 0.3 is 0 Å². The molecular formula is C13H14N2OS. The minimum atomic E-state index is -0.205. The van der Waals surface area contributed by atoms with Gasteiger partial charge in [0, 0.05) is 12.6 Å². The number of aldehydes is 1. The second-order valence-corrected chi connectivity index (χ2v) is 4.77. The van der Waals surface area contributed by atoms with E-state index < -0.39 is 0 Å². The third kappa shape index (κ3) is 2.38. The maximum atomic E-state index is 10.8. The van der Waals surface area contributed by atoms with Gasteiger partial charge < -0.3 is 11.1 Å². The molecule has 3 nitrogen and oxygen atoms in total. The fourth-order valence-electron chi connectivity index (χ4n) is 1.75. The summed E-state index contributed by atoms with van der Waals surface area (Å²) >= 11 is 1.42. The predicted octanol–water partition coefficient (Wildman–Crippen LogP) is 2.65. The number of hydrogen-bond acceptors (Lipinski definition) is 4. The zero-order valence-corrected chi connectivity index (χ0v) is 10.3. The molecule has 1 heterocycles. The highest BCUT2D eigenvalue weighted by Gasteiger charge is 2.16. The standard InChI is InChI=1S/C13H14N2OS/c1-15-13-11(7-10(8-16)17-13)12(14)9-5-3-2-4-6-9/h2-8,12,15H,14H2,1H3. The molecule has 1 aromatic carbocycles. The molecule has 0 aliphatic carbocycles. The molecule has 0 radical (unpaired) electrons. The molecule has 2 aromatic rings. The first-order valence-electron chi connectivity index (χ1n) is 5.33. The molecule has 1 unspecified atom stereocenters. The SMILES string of the molecule is CNc1sc(C=O)cc1C(N)c1ccccc1. The molecule has 3 N–H and O–H groups in total. The molecule has 0 spiro atoms. The van der Waals surface area contributed by atoms with Crippen molar-refractivity contribution in [2.24, 2.45) is 5.73 Å². The molecular weight excluding hydrogens is 232 g/mol. The maximum Gasteiger partial charge on any atom is 0.160 e. The first kappa shape index (κ1) is 11.8. The van der Waals surface area contributed by atoms with Crippen molar-refractivity contribution in [3.63, 3.8) is 0 Å². The third-order valence-corrected chi connectivity index (χ3v) is 3.71. The van der Waals surface area contributed by atoms with E-state index in [0.717, 1.165) is 22.4 Å². The van der Waals surface area contributed by atoms with Gasteiger partial charge in [-0.15, -0.1) is 11.3 Å². The number of carbonyl (C=O) groups excluding carboxylic acids is 1. The van der Waals surface area contributed by atoms with Crippen LogP contribution in [0.15, 0.2) is 36.4 Å². The van der Waals surface area contributed by atoms with E-state index in [2.05, 4.69) is 5.32 Å². The van der Waals surface area contributed by atoms with Gasteiger partial charge in [0.25, 0.3) is 0 Å². The summed E-state index contributed by atoms with van der Waals surface area (Å²) in [5, 5.41) is 4.03. The minimum absolute atomic E-state index is 0.205. The average molecular weight is 246 g/mol. The first-order chi connectivity index (χ1) is 8.26. The zero-order chi connectivity index (χ0) is 12.3. The molecule has 1 aromatic heterocycles. The monoisotopic (exact) mass is 246 g/mol. The Morgan fingerprint density at radius 3 is 2.65 bits per heavy atom. The lowest BCUT2D eigenvalue weighted by molar-refractivity contribution is 0.112. The Morgan fingerprint density at radius 2 is 2.06 bits per heavy atom. The number of nitrogens with one attached hydrogen (secondary N) is 1. The lowest BCUT2D eigenvalue weighted by atomic mass is 10.0. The summed E-state index contributed by atoms with van der Waals surface area (Å²) in [6, 6.07) is 11.5. The number of hydrogen-bond donors (Lipinski definition) is 2. The van der Waals surface area contributed by atoms with Gasteiger partial charge in [0.2, 0.25) is 0 Å². The summed E-state index contributed by atoms with van der Waals surface area (Å²) in [4.78, 5) is 11.5. The molecule has 2 rings (SSSR count). The van der Waals surface area contributed by atoms with E-state index in [9.17, 15) is 4.79 Å². The number of anilines is 1. The van der Waals surface area contributed by atoms with Crippen LogP contribution in [0.4, 0.5) is 5.00 Å². The molecule has 0 saturated heterocycles. The van der Waals surface area contributed by atoms with Crippen LogP contribution < -0.4 is 11.1 Å². The average Bonchev–Trinajstić information content (AvgIpc) is 2.82. The quantitative estimate of drug-likeness (QED) is 0.815. The van der Waals surface area contributed by atoms with Crippen LogP contribution in [-0.4, -0.2) is 13.3 Å². The van der Waals surface area contributed by atoms with Crippen LogP contribution in [0.25, 0.3) is 0 Å². The van der Waals surface area contributed by atoms with Gasteiger partial charge in [-0.3, -0.25) is 4.79 Å². The van der Waals surface area contributed by atoms with Crippen LogP contribution >= 0.6 is 11.3 Å². The van der Waals surface area contributed by atoms with Crippen molar-refractivity contribution in [2.45, 2.75) is 6.04 Å². The first-order valence-corrected chi connectivity index (χ1v) is 6.15. The molecule has 0 saturated carbocycles. The molecule has 88 valence electrons. The van der Waals surface area contributed by atoms with Gasteiger partial charge in [-0.2, -0.15) is 0 Å². The van der Waals surface area contributed by atoms with Crippen LogP contribution in [-0.2, 0) is 0 Å². The molecule has 0 aliphatic heterocycles. The number of nitrogens with two attached hydrogens (primary N) is 1. The predicted molar refractivity (Wildman–Crippen MR) is 71.7 cm³/mol. The van der Waals surface area contributed by atoms with E-state index in [1.165, 1.54) is 11.3 Å². The fourth-order valence-corrected chi connectivity index (χ4v) is 2.62. The minimum Gasteiger partial charge on any atom is -0.380 e. The second-order valence-electron chi connectivity index (χ2n) is 3.69. The van der Waals surface area contributed by atoms with Crippen molar-refractivity contribution in [2.75, 3.05) is 12.4 Å². The van der Waals surface area contributed by atoms with Crippen molar-refractivity contribution in [1.82, 2.24) is 0 Å². The Kier molecular flexibility index (Phi) is 3.56. The zero-order valence-electron chi connectivity index (χ0n) is 9.51. The number of carbonyl (C=O) groups is 1. The Balaban J connectivity index is 2.39. The van der Waals surface area contributed by atoms with Gasteiger partial charge in [0.1, 0.15) is 0 Å². The second kappa shape index (κ2) is 5.12. The van der Waals surface area contributed by atoms with Crippen molar-refractivity contribution < 1.29 is 4.79 Å². The highest BCUT2D eigenvalue weighted by Crippen LogP contribution is 2.33. The van der Waals surface area contributed by atoms with Gasteiger partial charge in [-0.1, -0.05) is 30.3 Å². The van der Waals surface area contributed by atoms with E-state index >= 15 is 0 Å². The van der Waals surface area contributed by atoms with Crippen LogP contribution in [0.2, 0.25) is 0 Å². The molecule has 1 atom stereocenters. The van der Waals surface area contributed by atoms with Crippen molar-refractivity contribution in [3.05, 3.63) is 52.4 Å². The maximum absolute atomic E-state index is 10.8. The summed E-state index contributed by atoms with van der Waals surface area (Å²) in [5.74, 6) is 0. The van der Waals surface area contributed by atoms with Crippen molar-refractivity contribution in [3.8, 4) is 0 Å². The Hall–Kier alpha value is -1.65. The summed E-state index contributed by atoms with van der Waals surface area (Å²) in [7, 11) is 1.83. The summed E-state index contributed by atoms with van der Waals surface area (Å²) in [6.07, 6.45) is 0.854. The normalized spacial score (nSPS) is 12.1. The molecule has 0 amide bonds. The highest BCUT2D eigenvalue weighted by molar-refractivity contribution is 7.17. The Morgan fingerprint density at radius 1 is 1.35 bits per heavy atom. The molecule has 4 heteroatoms. The molecule has 17 heavy (non-hydrogen) atoms. The van der Waals surface area contributed by atoms with Crippen molar-refractivity contribution >= 4 is 22.6 Å². The lowest BCUT2D eigenvalue weighted by Crippen LogP contribution is -2.12. The molecule has 0 bridgehead atoms.